The van der Waals surface area contributed by atoms with Crippen molar-refractivity contribution in [3.05, 3.63) is 0 Å². The van der Waals surface area contributed by atoms with Crippen molar-refractivity contribution < 1.29 is 9.53 Å². The van der Waals surface area contributed by atoms with E-state index in [4.69, 9.17) is 11.2 Å². The number of aliphatic imine (C=N–C) groups is 1. The molecule has 1 atom stereocenters. The van der Waals surface area contributed by atoms with Gasteiger partial charge in [-0.1, -0.05) is 5.92 Å². The standard InChI is InChI=1S/C14H22N4O2/c1-3-6-16-14(15-2)18-9-7-17(8-10-18)13(19)12-5-4-11-20-12/h1,12H,4-11H2,2H3,(H,15,16). The second kappa shape index (κ2) is 7.15. The molecule has 0 aromatic heterocycles. The van der Waals surface area contributed by atoms with Crippen LogP contribution in [0.5, 0.6) is 0 Å². The summed E-state index contributed by atoms with van der Waals surface area (Å²) in [5.41, 5.74) is 0. The highest BCUT2D eigenvalue weighted by molar-refractivity contribution is 5.82. The summed E-state index contributed by atoms with van der Waals surface area (Å²) >= 11 is 0. The van der Waals surface area contributed by atoms with Gasteiger partial charge in [0.05, 0.1) is 6.54 Å². The van der Waals surface area contributed by atoms with Crippen LogP contribution in [0.3, 0.4) is 0 Å². The fraction of sp³-hybridized carbons (Fsp3) is 0.714. The summed E-state index contributed by atoms with van der Waals surface area (Å²) in [6.07, 6.45) is 6.85. The average Bonchev–Trinajstić information content (AvgIpc) is 3.02. The lowest BCUT2D eigenvalue weighted by Crippen LogP contribution is -2.55. The minimum absolute atomic E-state index is 0.133. The van der Waals surface area contributed by atoms with Crippen molar-refractivity contribution in [3.8, 4) is 12.3 Å². The molecule has 2 heterocycles. The van der Waals surface area contributed by atoms with Crippen molar-refractivity contribution in [2.75, 3.05) is 46.4 Å². The number of carbonyl (C=O) groups is 1. The quantitative estimate of drug-likeness (QED) is 0.421. The zero-order valence-electron chi connectivity index (χ0n) is 12.0. The van der Waals surface area contributed by atoms with Crippen LogP contribution in [0.15, 0.2) is 4.99 Å². The van der Waals surface area contributed by atoms with E-state index in [1.807, 2.05) is 4.90 Å². The smallest absolute Gasteiger partial charge is 0.251 e. The molecule has 0 aliphatic carbocycles. The fourth-order valence-electron chi connectivity index (χ4n) is 2.58. The van der Waals surface area contributed by atoms with Crippen LogP contribution in [0, 0.1) is 12.3 Å². The second-order valence-electron chi connectivity index (χ2n) is 4.92. The highest BCUT2D eigenvalue weighted by atomic mass is 16.5. The van der Waals surface area contributed by atoms with Crippen molar-refractivity contribution in [2.24, 2.45) is 4.99 Å². The molecule has 0 spiro atoms. The van der Waals surface area contributed by atoms with Gasteiger partial charge >= 0.3 is 0 Å². The number of piperazine rings is 1. The first-order valence-electron chi connectivity index (χ1n) is 7.05. The van der Waals surface area contributed by atoms with E-state index in [9.17, 15) is 4.79 Å². The highest BCUT2D eigenvalue weighted by Gasteiger charge is 2.30. The van der Waals surface area contributed by atoms with Crippen LogP contribution >= 0.6 is 0 Å². The number of amides is 1. The summed E-state index contributed by atoms with van der Waals surface area (Å²) in [5, 5.41) is 3.10. The van der Waals surface area contributed by atoms with E-state index >= 15 is 0 Å². The topological polar surface area (TPSA) is 57.2 Å². The first kappa shape index (κ1) is 14.7. The summed E-state index contributed by atoms with van der Waals surface area (Å²) in [7, 11) is 1.74. The molecule has 2 rings (SSSR count). The van der Waals surface area contributed by atoms with E-state index in [1.165, 1.54) is 0 Å². The van der Waals surface area contributed by atoms with Crippen LogP contribution in [0.25, 0.3) is 0 Å². The van der Waals surface area contributed by atoms with Gasteiger partial charge < -0.3 is 19.9 Å². The van der Waals surface area contributed by atoms with Crippen LogP contribution in [-0.4, -0.2) is 74.1 Å². The number of terminal acetylenes is 1. The van der Waals surface area contributed by atoms with E-state index < -0.39 is 0 Å². The SMILES string of the molecule is C#CCNC(=NC)N1CCN(C(=O)C2CCCO2)CC1. The predicted octanol–water partition coefficient (Wildman–Crippen LogP) is -0.482. The van der Waals surface area contributed by atoms with Gasteiger partial charge in [-0.25, -0.2) is 0 Å². The van der Waals surface area contributed by atoms with Gasteiger partial charge in [-0.3, -0.25) is 9.79 Å². The maximum Gasteiger partial charge on any atom is 0.251 e. The number of guanidine groups is 1. The van der Waals surface area contributed by atoms with E-state index in [1.54, 1.807) is 7.05 Å². The molecular weight excluding hydrogens is 256 g/mol. The molecule has 0 radical (unpaired) electrons. The number of hydrogen-bond acceptors (Lipinski definition) is 3. The molecule has 0 bridgehead atoms. The average molecular weight is 278 g/mol. The largest absolute Gasteiger partial charge is 0.368 e. The minimum atomic E-state index is -0.222. The van der Waals surface area contributed by atoms with Crippen molar-refractivity contribution in [1.82, 2.24) is 15.1 Å². The van der Waals surface area contributed by atoms with Crippen LogP contribution in [0.1, 0.15) is 12.8 Å². The molecular formula is C14H22N4O2. The molecule has 1 amide bonds. The third kappa shape index (κ3) is 3.42. The first-order chi connectivity index (χ1) is 9.76. The van der Waals surface area contributed by atoms with Gasteiger partial charge in [-0.15, -0.1) is 6.42 Å². The minimum Gasteiger partial charge on any atom is -0.368 e. The molecule has 0 saturated carbocycles. The zero-order valence-corrected chi connectivity index (χ0v) is 12.0. The number of hydrogen-bond donors (Lipinski definition) is 1. The molecule has 0 aromatic rings. The van der Waals surface area contributed by atoms with Crippen molar-refractivity contribution >= 4 is 11.9 Å². The molecule has 2 aliphatic rings. The van der Waals surface area contributed by atoms with Crippen LogP contribution in [-0.2, 0) is 9.53 Å². The lowest BCUT2D eigenvalue weighted by molar-refractivity contribution is -0.142. The second-order valence-corrected chi connectivity index (χ2v) is 4.92. The van der Waals surface area contributed by atoms with Crippen LogP contribution in [0.4, 0.5) is 0 Å². The van der Waals surface area contributed by atoms with Gasteiger partial charge in [0.1, 0.15) is 6.10 Å². The molecule has 1 unspecified atom stereocenters. The summed E-state index contributed by atoms with van der Waals surface area (Å²) in [5.74, 6) is 3.47. The van der Waals surface area contributed by atoms with Crippen molar-refractivity contribution in [3.63, 3.8) is 0 Å². The Morgan fingerprint density at radius 2 is 2.10 bits per heavy atom. The Bertz CT molecular complexity index is 402. The third-order valence-corrected chi connectivity index (χ3v) is 3.66. The Hall–Kier alpha value is -1.74. The van der Waals surface area contributed by atoms with Gasteiger partial charge in [0.15, 0.2) is 5.96 Å². The van der Waals surface area contributed by atoms with Crippen molar-refractivity contribution in [1.29, 1.82) is 0 Å². The number of carbonyl (C=O) groups excluding carboxylic acids is 1. The highest BCUT2D eigenvalue weighted by Crippen LogP contribution is 2.15. The lowest BCUT2D eigenvalue weighted by atomic mass is 10.2. The number of nitrogens with zero attached hydrogens (tertiary/aromatic N) is 3. The third-order valence-electron chi connectivity index (χ3n) is 3.66. The lowest BCUT2D eigenvalue weighted by Gasteiger charge is -2.37. The van der Waals surface area contributed by atoms with Crippen LogP contribution in [0.2, 0.25) is 0 Å². The Labute approximate surface area is 120 Å². The molecule has 1 N–H and O–H groups in total. The molecule has 6 nitrogen and oxygen atoms in total. The number of nitrogens with one attached hydrogen (secondary N) is 1. The maximum atomic E-state index is 12.2. The molecule has 6 heteroatoms. The van der Waals surface area contributed by atoms with Gasteiger partial charge in [-0.05, 0) is 12.8 Å². The van der Waals surface area contributed by atoms with Gasteiger partial charge in [0, 0.05) is 39.8 Å². The van der Waals surface area contributed by atoms with Gasteiger partial charge in [0.25, 0.3) is 5.91 Å². The van der Waals surface area contributed by atoms with Gasteiger partial charge in [-0.2, -0.15) is 0 Å². The molecule has 110 valence electrons. The summed E-state index contributed by atoms with van der Waals surface area (Å²) in [6, 6.07) is 0. The fourth-order valence-corrected chi connectivity index (χ4v) is 2.58. The molecule has 20 heavy (non-hydrogen) atoms. The Morgan fingerprint density at radius 1 is 1.40 bits per heavy atom. The summed E-state index contributed by atoms with van der Waals surface area (Å²) in [4.78, 5) is 20.4. The zero-order chi connectivity index (χ0) is 14.4. The molecule has 2 aliphatic heterocycles. The van der Waals surface area contributed by atoms with Gasteiger partial charge in [0.2, 0.25) is 0 Å². The van der Waals surface area contributed by atoms with Crippen LogP contribution < -0.4 is 5.32 Å². The summed E-state index contributed by atoms with van der Waals surface area (Å²) in [6.45, 7) is 4.11. The Morgan fingerprint density at radius 3 is 2.65 bits per heavy atom. The Kier molecular flexibility index (Phi) is 5.24. The van der Waals surface area contributed by atoms with Crippen molar-refractivity contribution in [2.45, 2.75) is 18.9 Å². The van der Waals surface area contributed by atoms with E-state index in [2.05, 4.69) is 21.1 Å². The molecule has 2 saturated heterocycles. The monoisotopic (exact) mass is 278 g/mol. The number of ether oxygens (including phenoxy) is 1. The predicted molar refractivity (Wildman–Crippen MR) is 77.3 cm³/mol. The normalized spacial score (nSPS) is 23.6. The number of rotatable bonds is 2. The van der Waals surface area contributed by atoms with E-state index in [0.29, 0.717) is 26.2 Å². The Balaban J connectivity index is 1.82. The first-order valence-corrected chi connectivity index (χ1v) is 7.05. The van der Waals surface area contributed by atoms with E-state index in [-0.39, 0.29) is 12.0 Å². The van der Waals surface area contributed by atoms with E-state index in [0.717, 1.165) is 31.9 Å². The molecule has 0 aromatic carbocycles. The summed E-state index contributed by atoms with van der Waals surface area (Å²) < 4.78 is 5.45. The maximum absolute atomic E-state index is 12.2. The molecule has 2 fully saturated rings.